The Morgan fingerprint density at radius 1 is 1.15 bits per heavy atom. The van der Waals surface area contributed by atoms with Gasteiger partial charge in [0, 0.05) is 55.1 Å². The van der Waals surface area contributed by atoms with Gasteiger partial charge in [0.1, 0.15) is 0 Å². The molecule has 62 valence electrons. The Hall–Kier alpha value is 10.7. The average Bonchev–Trinajstić information content (AvgIpc) is 1.50. The topological polar surface area (TPSA) is 0 Å². The molecule has 0 aliphatic heterocycles. The fraction of sp³-hybridized carbons (Fsp3) is 0. The maximum atomic E-state index is 3.19. The summed E-state index contributed by atoms with van der Waals surface area (Å²) in [6.07, 6.45) is 0. The van der Waals surface area contributed by atoms with Crippen molar-refractivity contribution in [1.82, 2.24) is 0 Å². The molecular formula is H12AlCaCuFeKLiMgMoNaSeSrVZn. The molecule has 0 rings (SSSR count). The quantitative estimate of drug-likeness (QED) is 0.226. The molecule has 2 radical (unpaired) electrons. The molecule has 0 bridgehead atoms. The van der Waals surface area contributed by atoms with Crippen LogP contribution in [0.2, 0.25) is 0 Å². The van der Waals surface area contributed by atoms with Crippen molar-refractivity contribution in [2.75, 3.05) is 0 Å². The molecule has 0 aromatic carbocycles. The van der Waals surface area contributed by atoms with Crippen molar-refractivity contribution in [2.24, 2.45) is 0 Å². The molecule has 0 N–H and O–H groups in total. The second kappa shape index (κ2) is 93.2. The zero-order chi connectivity index (χ0) is 4.00. The van der Waals surface area contributed by atoms with Crippen LogP contribution in [0.4, 0.5) is 0 Å². The second-order valence-electron chi connectivity index (χ2n) is 0. The molecule has 13 heavy (non-hydrogen) atoms. The van der Waals surface area contributed by atoms with Crippen LogP contribution in [0, 0.1) is 0 Å². The summed E-state index contributed by atoms with van der Waals surface area (Å²) in [7, 11) is 0. The molecule has 0 aromatic heterocycles. The van der Waals surface area contributed by atoms with E-state index in [1.165, 1.54) is 13.6 Å². The molecule has 0 nitrogen and oxygen atoms in total. The first-order valence-electron chi connectivity index (χ1n) is 0.566. The van der Waals surface area contributed by atoms with Crippen molar-refractivity contribution in [3.63, 3.8) is 0 Å². The van der Waals surface area contributed by atoms with Crippen LogP contribution in [-0.2, 0) is 87.0 Å². The number of rotatable bonds is 0. The van der Waals surface area contributed by atoms with Crippen LogP contribution < -0.4 is 0 Å². The SMILES string of the molecule is [AlH2][Mo].[CaH2].[Cu].[Fe][SeH].[KH].[LiH].[MgH2].[NaH].[SrH2].[V].[Zn]. The second-order valence-corrected chi connectivity index (χ2v) is 0. The Morgan fingerprint density at radius 2 is 1.15 bits per heavy atom. The fourth-order valence-electron chi connectivity index (χ4n) is 0. The molecule has 0 atom stereocenters. The van der Waals surface area contributed by atoms with E-state index in [9.17, 15) is 0 Å². The molecule has 0 saturated heterocycles. The average molecular weight is 671 g/mol. The molecule has 0 aliphatic rings. The summed E-state index contributed by atoms with van der Waals surface area (Å²) >= 11 is 8.65. The summed E-state index contributed by atoms with van der Waals surface area (Å²) in [5.41, 5.74) is 0. The maximum Gasteiger partial charge on any atom is 0 e. The molecule has 13 heteroatoms. The van der Waals surface area contributed by atoms with Crippen molar-refractivity contribution in [1.29, 1.82) is 0 Å². The van der Waals surface area contributed by atoms with Gasteiger partial charge in [-0.1, -0.05) is 0 Å². The van der Waals surface area contributed by atoms with Crippen molar-refractivity contribution in [3.8, 4) is 0 Å². The van der Waals surface area contributed by atoms with Gasteiger partial charge in [0.25, 0.3) is 0 Å². The first-order valence-corrected chi connectivity index (χ1v) is 10.6. The summed E-state index contributed by atoms with van der Waals surface area (Å²) in [6.45, 7) is 0. The van der Waals surface area contributed by atoms with Crippen molar-refractivity contribution >= 4 is 234 Å². The van der Waals surface area contributed by atoms with Crippen molar-refractivity contribution < 1.29 is 87.0 Å². The first-order chi connectivity index (χ1) is 2.00. The van der Waals surface area contributed by atoms with E-state index < -0.39 is 0 Å². The standard InChI is InChI=1S/Al.Ca.Cu.Fe.K.Li.Mg.Mo.Na.H2Se.Sr.V.Zn.11H/h;;;;;;;;;1H2;;;;;;;;;;;;;;/q;;;+1;;;;;;;;;;;;;;;;;;;;/p-1. The Bertz CT molecular complexity index is 48.1. The van der Waals surface area contributed by atoms with E-state index in [1.54, 1.807) is 0 Å². The van der Waals surface area contributed by atoms with Gasteiger partial charge in [0.2, 0.25) is 0 Å². The molecule has 0 saturated carbocycles. The fourth-order valence-corrected chi connectivity index (χ4v) is 0. The zero-order valence-corrected chi connectivity index (χ0v) is 16.0. The van der Waals surface area contributed by atoms with Crippen LogP contribution in [-0.4, -0.2) is 234 Å². The van der Waals surface area contributed by atoms with Gasteiger partial charge >= 0.3 is 266 Å². The van der Waals surface area contributed by atoms with Gasteiger partial charge in [-0.15, -0.1) is 0 Å². The van der Waals surface area contributed by atoms with Crippen LogP contribution in [0.3, 0.4) is 0 Å². The molecule has 0 aliphatic carbocycles. The van der Waals surface area contributed by atoms with E-state index in [0.29, 0.717) is 0 Å². The Balaban J connectivity index is -0.000000000404. The normalized spacial score (nSPS) is 0.769. The van der Waals surface area contributed by atoms with E-state index >= 15 is 0 Å². The third-order valence-electron chi connectivity index (χ3n) is 0. The molecule has 0 heterocycles. The molecule has 0 unspecified atom stereocenters. The minimum Gasteiger partial charge on any atom is 0 e. The molecule has 0 fully saturated rings. The Morgan fingerprint density at radius 3 is 1.15 bits per heavy atom. The third kappa shape index (κ3) is 84.9. The van der Waals surface area contributed by atoms with E-state index in [1.807, 2.05) is 0 Å². The summed E-state index contributed by atoms with van der Waals surface area (Å²) in [4.78, 5) is 0. The van der Waals surface area contributed by atoms with Gasteiger partial charge in [-0.05, 0) is 0 Å². The summed E-state index contributed by atoms with van der Waals surface area (Å²) in [6, 6.07) is 0. The van der Waals surface area contributed by atoms with Gasteiger partial charge in [-0.3, -0.25) is 0 Å². The zero-order valence-electron chi connectivity index (χ0n) is 3.66. The largest absolute Gasteiger partial charge is 0 e. The number of hydrogen-bond acceptors (Lipinski definition) is 0. The predicted molar refractivity (Wildman–Crippen MR) is 62.8 cm³/mol. The minimum absolute atomic E-state index is 0. The van der Waals surface area contributed by atoms with Crippen LogP contribution >= 0.6 is 0 Å². The van der Waals surface area contributed by atoms with Crippen molar-refractivity contribution in [2.45, 2.75) is 0 Å². The molecule has 0 spiro atoms. The molecule has 0 aromatic rings. The van der Waals surface area contributed by atoms with Crippen LogP contribution in [0.1, 0.15) is 0 Å². The molecular weight excluding hydrogens is 659 g/mol. The Labute approximate surface area is 310 Å². The first kappa shape index (κ1) is 75.7. The van der Waals surface area contributed by atoms with Gasteiger partial charge in [0.15, 0.2) is 0 Å². The van der Waals surface area contributed by atoms with E-state index in [-0.39, 0.29) is 261 Å². The van der Waals surface area contributed by atoms with Gasteiger partial charge < -0.3 is 0 Å². The van der Waals surface area contributed by atoms with Crippen LogP contribution in [0.5, 0.6) is 0 Å². The predicted octanol–water partition coefficient (Wildman–Crippen LogP) is -6.27. The van der Waals surface area contributed by atoms with Crippen LogP contribution in [0.25, 0.3) is 0 Å². The monoisotopic (exact) mass is 671 g/mol. The summed E-state index contributed by atoms with van der Waals surface area (Å²) in [5, 5.41) is 0. The molecule has 0 amide bonds. The van der Waals surface area contributed by atoms with E-state index in [0.717, 1.165) is 0 Å². The van der Waals surface area contributed by atoms with Gasteiger partial charge in [0.05, 0.1) is 0 Å². The Kier molecular flexibility index (Phi) is 543. The summed E-state index contributed by atoms with van der Waals surface area (Å²) < 4.78 is 0. The van der Waals surface area contributed by atoms with Gasteiger partial charge in [-0.2, -0.15) is 0 Å². The minimum atomic E-state index is 0. The maximum absolute atomic E-state index is 3.19. The third-order valence-corrected chi connectivity index (χ3v) is 0. The smallest absolute Gasteiger partial charge is 0 e. The van der Waals surface area contributed by atoms with Gasteiger partial charge in [-0.25, -0.2) is 0 Å². The van der Waals surface area contributed by atoms with E-state index in [2.05, 4.69) is 46.0 Å². The number of hydrogen-bond donors (Lipinski definition) is 0. The van der Waals surface area contributed by atoms with Crippen molar-refractivity contribution in [3.05, 3.63) is 0 Å². The summed E-state index contributed by atoms with van der Waals surface area (Å²) in [5.74, 6) is 0. The van der Waals surface area contributed by atoms with Crippen LogP contribution in [0.15, 0.2) is 0 Å². The van der Waals surface area contributed by atoms with E-state index in [4.69, 9.17) is 0 Å².